The zero-order valence-corrected chi connectivity index (χ0v) is 9.66. The molecular formula is C12H23O2. The second kappa shape index (κ2) is 9.22. The Bertz CT molecular complexity index is 134. The molecule has 0 aromatic rings. The van der Waals surface area contributed by atoms with E-state index >= 15 is 0 Å². The quantitative estimate of drug-likeness (QED) is 0.419. The number of unbranched alkanes of at least 4 members (excludes halogenated alkanes) is 2. The highest BCUT2D eigenvalue weighted by atomic mass is 16.7. The van der Waals surface area contributed by atoms with Crippen LogP contribution in [0.3, 0.4) is 0 Å². The van der Waals surface area contributed by atoms with E-state index in [0.717, 1.165) is 12.8 Å². The molecule has 2 nitrogen and oxygen atoms in total. The van der Waals surface area contributed by atoms with Crippen molar-refractivity contribution >= 4 is 0 Å². The minimum absolute atomic E-state index is 0.0306. The molecule has 0 saturated heterocycles. The third-order valence-corrected chi connectivity index (χ3v) is 2.07. The first-order valence-corrected chi connectivity index (χ1v) is 5.56. The molecule has 0 bridgehead atoms. The predicted molar refractivity (Wildman–Crippen MR) is 59.0 cm³/mol. The van der Waals surface area contributed by atoms with Gasteiger partial charge in [0.2, 0.25) is 0 Å². The summed E-state index contributed by atoms with van der Waals surface area (Å²) in [5, 5.41) is 0. The van der Waals surface area contributed by atoms with Crippen molar-refractivity contribution in [2.45, 2.75) is 58.8 Å². The first-order valence-electron chi connectivity index (χ1n) is 5.56. The first-order chi connectivity index (χ1) is 6.74. The van der Waals surface area contributed by atoms with Crippen LogP contribution in [0.1, 0.15) is 46.5 Å². The van der Waals surface area contributed by atoms with E-state index in [1.165, 1.54) is 12.8 Å². The zero-order valence-electron chi connectivity index (χ0n) is 9.66. The molecule has 0 aromatic carbocycles. The first kappa shape index (κ1) is 13.7. The van der Waals surface area contributed by atoms with Crippen molar-refractivity contribution in [3.05, 3.63) is 12.7 Å². The van der Waals surface area contributed by atoms with Gasteiger partial charge in [-0.25, -0.2) is 0 Å². The maximum Gasteiger partial charge on any atom is 0.155 e. The van der Waals surface area contributed by atoms with Crippen LogP contribution in [0.15, 0.2) is 6.08 Å². The normalized spacial score (nSPS) is 15.1. The van der Waals surface area contributed by atoms with Crippen LogP contribution in [0.2, 0.25) is 0 Å². The summed E-state index contributed by atoms with van der Waals surface area (Å²) in [6.07, 6.45) is 6.09. The third-order valence-electron chi connectivity index (χ3n) is 2.07. The lowest BCUT2D eigenvalue weighted by Crippen LogP contribution is -2.20. The van der Waals surface area contributed by atoms with Gasteiger partial charge in [-0.05, 0) is 20.3 Å². The summed E-state index contributed by atoms with van der Waals surface area (Å²) in [5.41, 5.74) is 0. The van der Waals surface area contributed by atoms with Gasteiger partial charge >= 0.3 is 0 Å². The van der Waals surface area contributed by atoms with E-state index in [4.69, 9.17) is 16.1 Å². The Balaban J connectivity index is 3.61. The molecule has 0 spiro atoms. The molecule has 0 saturated carbocycles. The molecule has 2 unspecified atom stereocenters. The monoisotopic (exact) mass is 199 g/mol. The van der Waals surface area contributed by atoms with E-state index < -0.39 is 0 Å². The molecule has 2 heteroatoms. The van der Waals surface area contributed by atoms with E-state index in [1.807, 2.05) is 13.8 Å². The van der Waals surface area contributed by atoms with Crippen LogP contribution in [-0.4, -0.2) is 19.0 Å². The fourth-order valence-electron chi connectivity index (χ4n) is 1.33. The van der Waals surface area contributed by atoms with Crippen LogP contribution in [-0.2, 0) is 9.47 Å². The summed E-state index contributed by atoms with van der Waals surface area (Å²) in [5.74, 6) is 0. The van der Waals surface area contributed by atoms with E-state index in [9.17, 15) is 0 Å². The molecule has 0 aliphatic carbocycles. The van der Waals surface area contributed by atoms with Crippen molar-refractivity contribution in [1.82, 2.24) is 0 Å². The van der Waals surface area contributed by atoms with Crippen molar-refractivity contribution in [2.75, 3.05) is 6.61 Å². The largest absolute Gasteiger partial charge is 0.353 e. The molecule has 0 N–H and O–H groups in total. The van der Waals surface area contributed by atoms with Crippen LogP contribution in [0.4, 0.5) is 0 Å². The lowest BCUT2D eigenvalue weighted by atomic mass is 10.1. The summed E-state index contributed by atoms with van der Waals surface area (Å²) in [6.45, 7) is 12.2. The van der Waals surface area contributed by atoms with Gasteiger partial charge in [0.1, 0.15) is 0 Å². The average molecular weight is 199 g/mol. The molecule has 0 aliphatic rings. The fraction of sp³-hybridized carbons (Fsp3) is 0.833. The molecule has 0 rings (SSSR count). The van der Waals surface area contributed by atoms with Crippen molar-refractivity contribution < 1.29 is 9.47 Å². The summed E-state index contributed by atoms with van der Waals surface area (Å²) in [6, 6.07) is 0. The Kier molecular flexibility index (Phi) is 9.00. The van der Waals surface area contributed by atoms with Crippen LogP contribution in [0.5, 0.6) is 0 Å². The highest BCUT2D eigenvalue weighted by Crippen LogP contribution is 2.10. The SMILES string of the molecule is [CH]=CC(CCCCC)OC(C)OCC. The molecular weight excluding hydrogens is 176 g/mol. The topological polar surface area (TPSA) is 18.5 Å². The van der Waals surface area contributed by atoms with Gasteiger partial charge in [-0.2, -0.15) is 0 Å². The van der Waals surface area contributed by atoms with Gasteiger partial charge in [0, 0.05) is 6.61 Å². The van der Waals surface area contributed by atoms with Gasteiger partial charge in [-0.3, -0.25) is 0 Å². The van der Waals surface area contributed by atoms with Gasteiger partial charge in [0.15, 0.2) is 6.29 Å². The van der Waals surface area contributed by atoms with E-state index in [-0.39, 0.29) is 12.4 Å². The molecule has 0 heterocycles. The zero-order chi connectivity index (χ0) is 10.8. The van der Waals surface area contributed by atoms with Crippen LogP contribution in [0, 0.1) is 6.58 Å². The Morgan fingerprint density at radius 3 is 2.50 bits per heavy atom. The van der Waals surface area contributed by atoms with Crippen molar-refractivity contribution in [2.24, 2.45) is 0 Å². The smallest absolute Gasteiger partial charge is 0.155 e. The number of ether oxygens (including phenoxy) is 2. The molecule has 0 aliphatic heterocycles. The Hall–Kier alpha value is -0.340. The second-order valence-electron chi connectivity index (χ2n) is 3.39. The van der Waals surface area contributed by atoms with Crippen LogP contribution >= 0.6 is 0 Å². The molecule has 0 amide bonds. The van der Waals surface area contributed by atoms with E-state index in [2.05, 4.69) is 6.92 Å². The van der Waals surface area contributed by atoms with Crippen molar-refractivity contribution in [3.8, 4) is 0 Å². The van der Waals surface area contributed by atoms with E-state index in [1.54, 1.807) is 6.08 Å². The van der Waals surface area contributed by atoms with Gasteiger partial charge in [0.05, 0.1) is 6.10 Å². The van der Waals surface area contributed by atoms with Gasteiger partial charge in [-0.15, -0.1) is 0 Å². The van der Waals surface area contributed by atoms with Crippen LogP contribution in [0.25, 0.3) is 0 Å². The molecule has 2 atom stereocenters. The maximum absolute atomic E-state index is 5.58. The molecule has 14 heavy (non-hydrogen) atoms. The minimum atomic E-state index is -0.161. The number of rotatable bonds is 9. The lowest BCUT2D eigenvalue weighted by Gasteiger charge is -2.19. The van der Waals surface area contributed by atoms with Gasteiger partial charge in [-0.1, -0.05) is 38.8 Å². The van der Waals surface area contributed by atoms with Crippen LogP contribution < -0.4 is 0 Å². The minimum Gasteiger partial charge on any atom is -0.353 e. The summed E-state index contributed by atoms with van der Waals surface area (Å²) in [7, 11) is 0. The van der Waals surface area contributed by atoms with Crippen molar-refractivity contribution in [1.29, 1.82) is 0 Å². The Morgan fingerprint density at radius 2 is 2.00 bits per heavy atom. The summed E-state index contributed by atoms with van der Waals surface area (Å²) < 4.78 is 10.9. The standard InChI is InChI=1S/C12H23O2/c1-5-8-9-10-12(6-2)14-11(4)13-7-3/h2,6,11-12H,5,7-10H2,1,3-4H3. The molecule has 0 fully saturated rings. The number of hydrogen-bond donors (Lipinski definition) is 0. The highest BCUT2D eigenvalue weighted by Gasteiger charge is 2.09. The molecule has 0 aromatic heterocycles. The fourth-order valence-corrected chi connectivity index (χ4v) is 1.33. The summed E-state index contributed by atoms with van der Waals surface area (Å²) in [4.78, 5) is 0. The van der Waals surface area contributed by atoms with E-state index in [0.29, 0.717) is 6.61 Å². The Morgan fingerprint density at radius 1 is 1.29 bits per heavy atom. The van der Waals surface area contributed by atoms with Gasteiger partial charge in [0.25, 0.3) is 0 Å². The summed E-state index contributed by atoms with van der Waals surface area (Å²) >= 11 is 0. The number of hydrogen-bond acceptors (Lipinski definition) is 2. The molecule has 83 valence electrons. The second-order valence-corrected chi connectivity index (χ2v) is 3.39. The average Bonchev–Trinajstić information content (AvgIpc) is 2.17. The maximum atomic E-state index is 5.58. The lowest BCUT2D eigenvalue weighted by molar-refractivity contribution is -0.147. The highest BCUT2D eigenvalue weighted by molar-refractivity contribution is 4.77. The third kappa shape index (κ3) is 7.10. The van der Waals surface area contributed by atoms with Gasteiger partial charge < -0.3 is 9.47 Å². The predicted octanol–water partition coefficient (Wildman–Crippen LogP) is 3.32. The van der Waals surface area contributed by atoms with Crippen molar-refractivity contribution in [3.63, 3.8) is 0 Å². The Labute approximate surface area is 88.3 Å². The molecule has 1 radical (unpaired) electrons.